The van der Waals surface area contributed by atoms with E-state index in [-0.39, 0.29) is 18.3 Å². The molecule has 0 radical (unpaired) electrons. The van der Waals surface area contributed by atoms with Gasteiger partial charge >= 0.3 is 0 Å². The minimum Gasteiger partial charge on any atom is -0.361 e. The molecule has 1 atom stereocenters. The number of benzene rings is 2. The Morgan fingerprint density at radius 1 is 1.11 bits per heavy atom. The molecule has 1 unspecified atom stereocenters. The Kier molecular flexibility index (Phi) is 8.57. The molecule has 1 aliphatic heterocycles. The van der Waals surface area contributed by atoms with Crippen molar-refractivity contribution in [2.75, 3.05) is 13.2 Å². The van der Waals surface area contributed by atoms with E-state index in [4.69, 9.17) is 4.74 Å². The molecule has 3 nitrogen and oxygen atoms in total. The molecule has 2 aromatic carbocycles. The summed E-state index contributed by atoms with van der Waals surface area (Å²) in [4.78, 5) is 10.1. The highest BCUT2D eigenvalue weighted by Gasteiger charge is 2.15. The molecule has 1 heterocycles. The molecule has 3 rings (SSSR count). The first-order valence-corrected chi connectivity index (χ1v) is 8.97. The van der Waals surface area contributed by atoms with Crippen molar-refractivity contribution >= 4 is 5.91 Å². The topological polar surface area (TPSA) is 38.3 Å². The molecule has 0 spiro atoms. The Hall–Kier alpha value is -2.78. The lowest BCUT2D eigenvalue weighted by Crippen LogP contribution is -2.12. The van der Waals surface area contributed by atoms with Crippen LogP contribution in [0, 0.1) is 29.3 Å². The Morgan fingerprint density at radius 3 is 2.39 bits per heavy atom. The summed E-state index contributed by atoms with van der Waals surface area (Å²) in [6.45, 7) is 2.76. The van der Waals surface area contributed by atoms with E-state index >= 15 is 0 Å². The van der Waals surface area contributed by atoms with Crippen molar-refractivity contribution in [2.45, 2.75) is 32.3 Å². The maximum atomic E-state index is 13.4. The molecule has 0 aromatic heterocycles. The van der Waals surface area contributed by atoms with Gasteiger partial charge in [0.1, 0.15) is 12.4 Å². The number of amides is 1. The standard InChI is InChI=1S/C18H15F3O.C4H7NO/c1-2-3-10-22-18(11-13-4-7-15(19)8-5-13)14-6-9-16(20)17(21)12-14;6-4-2-1-3-5-4/h4-9,12,18H,10-11H2,1H3;1-3H2,(H,5,6). The summed E-state index contributed by atoms with van der Waals surface area (Å²) in [5.74, 6) is 3.52. The van der Waals surface area contributed by atoms with Crippen LogP contribution in [-0.4, -0.2) is 19.1 Å². The van der Waals surface area contributed by atoms with Crippen LogP contribution in [0.15, 0.2) is 42.5 Å². The minimum absolute atomic E-state index is 0.182. The van der Waals surface area contributed by atoms with Crippen LogP contribution in [0.3, 0.4) is 0 Å². The van der Waals surface area contributed by atoms with Crippen LogP contribution in [0.5, 0.6) is 0 Å². The maximum absolute atomic E-state index is 13.4. The maximum Gasteiger partial charge on any atom is 0.220 e. The highest BCUT2D eigenvalue weighted by Crippen LogP contribution is 2.24. The van der Waals surface area contributed by atoms with E-state index in [9.17, 15) is 18.0 Å². The summed E-state index contributed by atoms with van der Waals surface area (Å²) in [5.41, 5.74) is 1.35. The molecule has 1 amide bonds. The van der Waals surface area contributed by atoms with Crippen LogP contribution in [0.1, 0.15) is 37.0 Å². The zero-order valence-corrected chi connectivity index (χ0v) is 15.6. The van der Waals surface area contributed by atoms with Gasteiger partial charge in [-0.25, -0.2) is 13.2 Å². The number of carbonyl (C=O) groups excluding carboxylic acids is 1. The molecular weight excluding hydrogens is 367 g/mol. The Bertz CT molecular complexity index is 833. The molecule has 2 aromatic rings. The van der Waals surface area contributed by atoms with Crippen molar-refractivity contribution in [3.63, 3.8) is 0 Å². The lowest BCUT2D eigenvalue weighted by Gasteiger charge is -2.17. The normalized spacial score (nSPS) is 13.6. The number of carbonyl (C=O) groups is 1. The SMILES string of the molecule is CC#CCOC(Cc1ccc(F)cc1)c1ccc(F)c(F)c1.O=C1CCCN1. The monoisotopic (exact) mass is 389 g/mol. The molecular formula is C22H22F3NO2. The van der Waals surface area contributed by atoms with E-state index in [1.807, 2.05) is 0 Å². The van der Waals surface area contributed by atoms with Crippen molar-refractivity contribution in [3.05, 3.63) is 71.0 Å². The van der Waals surface area contributed by atoms with E-state index in [0.717, 1.165) is 37.1 Å². The summed E-state index contributed by atoms with van der Waals surface area (Å²) in [5, 5.41) is 2.68. The second-order valence-electron chi connectivity index (χ2n) is 6.18. The molecule has 6 heteroatoms. The van der Waals surface area contributed by atoms with E-state index < -0.39 is 17.7 Å². The number of rotatable bonds is 5. The zero-order valence-electron chi connectivity index (χ0n) is 15.6. The third-order valence-corrected chi connectivity index (χ3v) is 4.09. The fraction of sp³-hybridized carbons (Fsp3) is 0.318. The second kappa shape index (κ2) is 11.2. The van der Waals surface area contributed by atoms with Crippen molar-refractivity contribution in [2.24, 2.45) is 0 Å². The fourth-order valence-corrected chi connectivity index (χ4v) is 2.60. The first-order chi connectivity index (χ1) is 13.5. The number of halogens is 3. The molecule has 0 saturated carbocycles. The number of hydrogen-bond acceptors (Lipinski definition) is 2. The lowest BCUT2D eigenvalue weighted by atomic mass is 10.0. The average molecular weight is 389 g/mol. The van der Waals surface area contributed by atoms with Crippen LogP contribution in [0.4, 0.5) is 13.2 Å². The Balaban J connectivity index is 0.000000397. The van der Waals surface area contributed by atoms with Gasteiger partial charge in [-0.05, 0) is 48.7 Å². The predicted octanol–water partition coefficient (Wildman–Crippen LogP) is 4.32. The molecule has 1 saturated heterocycles. The smallest absolute Gasteiger partial charge is 0.220 e. The quantitative estimate of drug-likeness (QED) is 0.774. The van der Waals surface area contributed by atoms with Crippen LogP contribution in [0.25, 0.3) is 0 Å². The van der Waals surface area contributed by atoms with Gasteiger partial charge in [-0.2, -0.15) is 0 Å². The van der Waals surface area contributed by atoms with Gasteiger partial charge in [0.2, 0.25) is 5.91 Å². The van der Waals surface area contributed by atoms with Crippen LogP contribution in [-0.2, 0) is 16.0 Å². The van der Waals surface area contributed by atoms with Gasteiger partial charge in [0.15, 0.2) is 11.6 Å². The third kappa shape index (κ3) is 7.09. The van der Waals surface area contributed by atoms with Gasteiger partial charge in [-0.1, -0.05) is 24.1 Å². The summed E-state index contributed by atoms with van der Waals surface area (Å²) < 4.78 is 45.1. The molecule has 148 valence electrons. The van der Waals surface area contributed by atoms with E-state index in [1.54, 1.807) is 19.1 Å². The van der Waals surface area contributed by atoms with Crippen molar-refractivity contribution in [1.82, 2.24) is 5.32 Å². The lowest BCUT2D eigenvalue weighted by molar-refractivity contribution is -0.119. The van der Waals surface area contributed by atoms with Crippen molar-refractivity contribution < 1.29 is 22.7 Å². The third-order valence-electron chi connectivity index (χ3n) is 4.09. The summed E-state index contributed by atoms with van der Waals surface area (Å²) >= 11 is 0. The number of hydrogen-bond donors (Lipinski definition) is 1. The predicted molar refractivity (Wildman–Crippen MR) is 101 cm³/mol. The molecule has 1 N–H and O–H groups in total. The van der Waals surface area contributed by atoms with E-state index in [0.29, 0.717) is 12.0 Å². The number of nitrogens with one attached hydrogen (secondary N) is 1. The van der Waals surface area contributed by atoms with Crippen molar-refractivity contribution in [1.29, 1.82) is 0 Å². The molecule has 0 bridgehead atoms. The van der Waals surface area contributed by atoms with E-state index in [1.165, 1.54) is 18.2 Å². The average Bonchev–Trinajstić information content (AvgIpc) is 3.16. The first-order valence-electron chi connectivity index (χ1n) is 8.97. The van der Waals surface area contributed by atoms with Gasteiger partial charge in [0.25, 0.3) is 0 Å². The van der Waals surface area contributed by atoms with Gasteiger partial charge in [-0.3, -0.25) is 4.79 Å². The van der Waals surface area contributed by atoms with Gasteiger partial charge < -0.3 is 10.1 Å². The van der Waals surface area contributed by atoms with Gasteiger partial charge in [0.05, 0.1) is 6.10 Å². The fourth-order valence-electron chi connectivity index (χ4n) is 2.60. The Labute approximate surface area is 162 Å². The summed E-state index contributed by atoms with van der Waals surface area (Å²) in [6.07, 6.45) is 1.69. The number of ether oxygens (including phenoxy) is 1. The largest absolute Gasteiger partial charge is 0.361 e. The van der Waals surface area contributed by atoms with Crippen molar-refractivity contribution in [3.8, 4) is 11.8 Å². The molecule has 1 fully saturated rings. The highest BCUT2D eigenvalue weighted by molar-refractivity contribution is 5.77. The summed E-state index contributed by atoms with van der Waals surface area (Å²) in [6, 6.07) is 9.63. The van der Waals surface area contributed by atoms with E-state index in [2.05, 4.69) is 17.2 Å². The first kappa shape index (κ1) is 21.5. The molecule has 0 aliphatic carbocycles. The molecule has 28 heavy (non-hydrogen) atoms. The zero-order chi connectivity index (χ0) is 20.4. The highest BCUT2D eigenvalue weighted by atomic mass is 19.2. The second-order valence-corrected chi connectivity index (χ2v) is 6.18. The minimum atomic E-state index is -0.924. The Morgan fingerprint density at radius 2 is 1.86 bits per heavy atom. The van der Waals surface area contributed by atoms with Crippen LogP contribution < -0.4 is 5.32 Å². The van der Waals surface area contributed by atoms with Gasteiger partial charge in [-0.15, -0.1) is 5.92 Å². The molecule has 1 aliphatic rings. The van der Waals surface area contributed by atoms with Crippen LogP contribution in [0.2, 0.25) is 0 Å². The van der Waals surface area contributed by atoms with Crippen LogP contribution >= 0.6 is 0 Å². The van der Waals surface area contributed by atoms with Gasteiger partial charge in [0, 0.05) is 19.4 Å². The summed E-state index contributed by atoms with van der Waals surface area (Å²) in [7, 11) is 0.